The van der Waals surface area contributed by atoms with E-state index < -0.39 is 9.84 Å². The predicted molar refractivity (Wildman–Crippen MR) is 88.8 cm³/mol. The monoisotopic (exact) mass is 335 g/mol. The van der Waals surface area contributed by atoms with Crippen molar-refractivity contribution >= 4 is 21.4 Å². The van der Waals surface area contributed by atoms with Gasteiger partial charge in [0.1, 0.15) is 0 Å². The van der Waals surface area contributed by atoms with E-state index >= 15 is 0 Å². The molecule has 1 aliphatic rings. The van der Waals surface area contributed by atoms with Crippen LogP contribution in [0.2, 0.25) is 5.02 Å². The molecular formula is C17H18ClNO2S. The number of rotatable bonds is 5. The minimum absolute atomic E-state index is 0.0218. The highest BCUT2D eigenvalue weighted by molar-refractivity contribution is 7.90. The summed E-state index contributed by atoms with van der Waals surface area (Å²) in [5.41, 5.74) is 2.14. The van der Waals surface area contributed by atoms with Crippen molar-refractivity contribution in [1.82, 2.24) is 5.32 Å². The first-order valence-electron chi connectivity index (χ1n) is 7.19. The zero-order valence-corrected chi connectivity index (χ0v) is 13.9. The third kappa shape index (κ3) is 3.35. The Morgan fingerprint density at radius 1 is 1.14 bits per heavy atom. The van der Waals surface area contributed by atoms with Gasteiger partial charge in [-0.25, -0.2) is 8.42 Å². The second kappa shape index (κ2) is 5.69. The first kappa shape index (κ1) is 15.5. The summed E-state index contributed by atoms with van der Waals surface area (Å²) >= 11 is 6.07. The molecule has 2 aromatic rings. The Labute approximate surface area is 136 Å². The number of benzene rings is 2. The van der Waals surface area contributed by atoms with E-state index in [-0.39, 0.29) is 5.54 Å². The van der Waals surface area contributed by atoms with Crippen LogP contribution in [0.4, 0.5) is 0 Å². The molecule has 116 valence electrons. The molecular weight excluding hydrogens is 318 g/mol. The van der Waals surface area contributed by atoms with Crippen LogP contribution >= 0.6 is 11.6 Å². The molecule has 0 aromatic heterocycles. The van der Waals surface area contributed by atoms with Crippen molar-refractivity contribution in [2.75, 3.05) is 6.26 Å². The summed E-state index contributed by atoms with van der Waals surface area (Å²) in [6, 6.07) is 15.0. The van der Waals surface area contributed by atoms with Gasteiger partial charge in [-0.15, -0.1) is 0 Å². The summed E-state index contributed by atoms with van der Waals surface area (Å²) in [5, 5.41) is 4.30. The van der Waals surface area contributed by atoms with Gasteiger partial charge in [0, 0.05) is 23.4 Å². The Morgan fingerprint density at radius 2 is 1.86 bits per heavy atom. The number of hydrogen-bond acceptors (Lipinski definition) is 3. The van der Waals surface area contributed by atoms with Crippen molar-refractivity contribution < 1.29 is 8.42 Å². The Hall–Kier alpha value is -1.36. The lowest BCUT2D eigenvalue weighted by molar-refractivity contribution is 0.518. The summed E-state index contributed by atoms with van der Waals surface area (Å²) in [6.07, 6.45) is 3.37. The lowest BCUT2D eigenvalue weighted by atomic mass is 10.0. The molecule has 0 bridgehead atoms. The normalized spacial score (nSPS) is 16.5. The van der Waals surface area contributed by atoms with Crippen LogP contribution in [0.3, 0.4) is 0 Å². The molecule has 0 aliphatic heterocycles. The summed E-state index contributed by atoms with van der Waals surface area (Å²) in [7, 11) is -3.17. The molecule has 1 saturated carbocycles. The second-order valence-corrected chi connectivity index (χ2v) is 8.32. The van der Waals surface area contributed by atoms with Gasteiger partial charge in [-0.1, -0.05) is 35.9 Å². The Balaban J connectivity index is 1.76. The molecule has 1 aliphatic carbocycles. The van der Waals surface area contributed by atoms with Gasteiger partial charge >= 0.3 is 0 Å². The molecule has 0 saturated heterocycles. The van der Waals surface area contributed by atoms with Gasteiger partial charge in [0.05, 0.1) is 4.90 Å². The van der Waals surface area contributed by atoms with E-state index in [0.29, 0.717) is 11.4 Å². The topological polar surface area (TPSA) is 46.2 Å². The molecule has 2 aromatic carbocycles. The summed E-state index contributed by atoms with van der Waals surface area (Å²) in [6.45, 7) is 0.635. The van der Waals surface area contributed by atoms with Gasteiger partial charge in [0.25, 0.3) is 0 Å². The molecule has 1 N–H and O–H groups in total. The van der Waals surface area contributed by atoms with Crippen molar-refractivity contribution in [2.24, 2.45) is 0 Å². The fourth-order valence-electron chi connectivity index (χ4n) is 2.64. The average molecular weight is 336 g/mol. The van der Waals surface area contributed by atoms with E-state index in [2.05, 4.69) is 11.4 Å². The van der Waals surface area contributed by atoms with Crippen molar-refractivity contribution in [2.45, 2.75) is 29.8 Å². The fourth-order valence-corrected chi connectivity index (χ4v) is 3.52. The SMILES string of the molecule is CS(=O)(=O)c1cccc(CNC2(c3cccc(Cl)c3)CC2)c1. The molecule has 0 amide bonds. The lowest BCUT2D eigenvalue weighted by Crippen LogP contribution is -2.28. The highest BCUT2D eigenvalue weighted by atomic mass is 35.5. The summed E-state index contributed by atoms with van der Waals surface area (Å²) < 4.78 is 23.2. The van der Waals surface area contributed by atoms with E-state index in [4.69, 9.17) is 11.6 Å². The van der Waals surface area contributed by atoms with Gasteiger partial charge in [-0.2, -0.15) is 0 Å². The maximum atomic E-state index is 11.6. The van der Waals surface area contributed by atoms with E-state index in [1.165, 1.54) is 11.8 Å². The summed E-state index contributed by atoms with van der Waals surface area (Å²) in [5.74, 6) is 0. The van der Waals surface area contributed by atoms with Crippen LogP contribution in [0.25, 0.3) is 0 Å². The standard InChI is InChI=1S/C17H18ClNO2S/c1-22(20,21)16-7-2-4-13(10-16)12-19-17(8-9-17)14-5-3-6-15(18)11-14/h2-7,10-11,19H,8-9,12H2,1H3. The van der Waals surface area contributed by atoms with Gasteiger partial charge in [0.2, 0.25) is 0 Å². The predicted octanol–water partition coefficient (Wildman–Crippen LogP) is 3.52. The van der Waals surface area contributed by atoms with Gasteiger partial charge in [0.15, 0.2) is 9.84 Å². The first-order valence-corrected chi connectivity index (χ1v) is 9.46. The number of sulfone groups is 1. The Morgan fingerprint density at radius 3 is 2.50 bits per heavy atom. The lowest BCUT2D eigenvalue weighted by Gasteiger charge is -2.18. The minimum Gasteiger partial charge on any atom is -0.303 e. The molecule has 1 fully saturated rings. The van der Waals surface area contributed by atoms with E-state index in [9.17, 15) is 8.42 Å². The van der Waals surface area contributed by atoms with Crippen LogP contribution in [0.5, 0.6) is 0 Å². The van der Waals surface area contributed by atoms with Crippen molar-refractivity contribution in [3.05, 3.63) is 64.7 Å². The zero-order valence-electron chi connectivity index (χ0n) is 12.3. The van der Waals surface area contributed by atoms with Crippen LogP contribution in [-0.4, -0.2) is 14.7 Å². The third-order valence-corrected chi connectivity index (χ3v) is 5.43. The van der Waals surface area contributed by atoms with Crippen molar-refractivity contribution in [3.8, 4) is 0 Å². The van der Waals surface area contributed by atoms with Crippen LogP contribution in [0, 0.1) is 0 Å². The molecule has 3 rings (SSSR count). The Kier molecular flexibility index (Phi) is 4.02. The van der Waals surface area contributed by atoms with Crippen molar-refractivity contribution in [1.29, 1.82) is 0 Å². The molecule has 0 spiro atoms. The maximum absolute atomic E-state index is 11.6. The molecule has 3 nitrogen and oxygen atoms in total. The molecule has 22 heavy (non-hydrogen) atoms. The summed E-state index contributed by atoms with van der Waals surface area (Å²) in [4.78, 5) is 0.361. The van der Waals surface area contributed by atoms with E-state index in [0.717, 1.165) is 23.4 Å². The highest BCUT2D eigenvalue weighted by Crippen LogP contribution is 2.46. The fraction of sp³-hybridized carbons (Fsp3) is 0.294. The van der Waals surface area contributed by atoms with Gasteiger partial charge < -0.3 is 5.32 Å². The molecule has 0 unspecified atom stereocenters. The third-order valence-electron chi connectivity index (χ3n) is 4.08. The van der Waals surface area contributed by atoms with Crippen LogP contribution in [0.1, 0.15) is 24.0 Å². The van der Waals surface area contributed by atoms with Gasteiger partial charge in [-0.3, -0.25) is 0 Å². The van der Waals surface area contributed by atoms with Crippen LogP contribution in [-0.2, 0) is 21.9 Å². The molecule has 5 heteroatoms. The average Bonchev–Trinajstić information content (AvgIpc) is 3.26. The zero-order chi connectivity index (χ0) is 15.8. The number of halogens is 1. The molecule has 0 radical (unpaired) electrons. The highest BCUT2D eigenvalue weighted by Gasteiger charge is 2.43. The Bertz CT molecular complexity index is 798. The largest absolute Gasteiger partial charge is 0.303 e. The van der Waals surface area contributed by atoms with Crippen molar-refractivity contribution in [3.63, 3.8) is 0 Å². The smallest absolute Gasteiger partial charge is 0.175 e. The quantitative estimate of drug-likeness (QED) is 0.909. The number of nitrogens with one attached hydrogen (secondary N) is 1. The maximum Gasteiger partial charge on any atom is 0.175 e. The second-order valence-electron chi connectivity index (χ2n) is 5.87. The van der Waals surface area contributed by atoms with E-state index in [1.807, 2.05) is 24.3 Å². The number of hydrogen-bond donors (Lipinski definition) is 1. The van der Waals surface area contributed by atoms with E-state index in [1.54, 1.807) is 18.2 Å². The molecule has 0 heterocycles. The van der Waals surface area contributed by atoms with Crippen LogP contribution in [0.15, 0.2) is 53.4 Å². The van der Waals surface area contributed by atoms with Crippen LogP contribution < -0.4 is 5.32 Å². The minimum atomic E-state index is -3.17. The first-order chi connectivity index (χ1) is 10.4. The van der Waals surface area contributed by atoms with Gasteiger partial charge in [-0.05, 0) is 48.2 Å². The molecule has 0 atom stereocenters.